The Bertz CT molecular complexity index is 998. The van der Waals surface area contributed by atoms with E-state index >= 15 is 0 Å². The molecule has 1 unspecified atom stereocenters. The summed E-state index contributed by atoms with van der Waals surface area (Å²) < 4.78 is 44.3. The van der Waals surface area contributed by atoms with E-state index in [4.69, 9.17) is 16.3 Å². The predicted molar refractivity (Wildman–Crippen MR) is 103 cm³/mol. The molecule has 3 rings (SSSR count). The van der Waals surface area contributed by atoms with Gasteiger partial charge in [0, 0.05) is 16.1 Å². The van der Waals surface area contributed by atoms with Crippen LogP contribution in [0.25, 0.3) is 0 Å². The van der Waals surface area contributed by atoms with Crippen molar-refractivity contribution in [1.29, 1.82) is 5.26 Å². The number of nitrogens with zero attached hydrogens (tertiary/aromatic N) is 1. The lowest BCUT2D eigenvalue weighted by atomic mass is 9.99. The number of benzene rings is 2. The van der Waals surface area contributed by atoms with Gasteiger partial charge in [-0.15, -0.1) is 0 Å². The zero-order chi connectivity index (χ0) is 20.4. The summed E-state index contributed by atoms with van der Waals surface area (Å²) in [5.41, 5.74) is 0.235. The number of nitrogens with one attached hydrogen (secondary N) is 1. The van der Waals surface area contributed by atoms with Crippen LogP contribution in [-0.4, -0.2) is 0 Å². The smallest absolute Gasteiger partial charge is 0.416 e. The van der Waals surface area contributed by atoms with Crippen molar-refractivity contribution in [1.82, 2.24) is 5.32 Å². The highest BCUT2D eigenvalue weighted by Crippen LogP contribution is 2.37. The van der Waals surface area contributed by atoms with Crippen molar-refractivity contribution in [3.05, 3.63) is 93.9 Å². The molecule has 1 N–H and O–H groups in total. The molecule has 0 bridgehead atoms. The van der Waals surface area contributed by atoms with Crippen LogP contribution in [0.15, 0.2) is 66.6 Å². The molecule has 1 aliphatic rings. The van der Waals surface area contributed by atoms with Crippen LogP contribution in [0.2, 0.25) is 5.02 Å². The monoisotopic (exact) mass is 468 g/mol. The van der Waals surface area contributed by atoms with E-state index in [1.807, 2.05) is 0 Å². The molecule has 8 heteroatoms. The Kier molecular flexibility index (Phi) is 5.73. The molecule has 0 aliphatic carbocycles. The topological polar surface area (TPSA) is 45.0 Å². The van der Waals surface area contributed by atoms with Gasteiger partial charge in [0.05, 0.1) is 17.2 Å². The average Bonchev–Trinajstić information content (AvgIpc) is 2.66. The third-order valence-corrected chi connectivity index (χ3v) is 5.20. The van der Waals surface area contributed by atoms with Crippen LogP contribution >= 0.6 is 27.5 Å². The van der Waals surface area contributed by atoms with Gasteiger partial charge in [0.1, 0.15) is 11.1 Å². The van der Waals surface area contributed by atoms with Crippen molar-refractivity contribution in [2.45, 2.75) is 17.2 Å². The van der Waals surface area contributed by atoms with Crippen molar-refractivity contribution in [3.8, 4) is 6.07 Å². The highest BCUT2D eigenvalue weighted by Gasteiger charge is 2.34. The molecule has 0 amide bonds. The molecular formula is C20H13BrClF3N2O. The molecule has 0 saturated carbocycles. The minimum absolute atomic E-state index is 0.00148. The van der Waals surface area contributed by atoms with Gasteiger partial charge in [-0.05, 0) is 30.4 Å². The number of rotatable bonds is 4. The highest BCUT2D eigenvalue weighted by atomic mass is 79.9. The van der Waals surface area contributed by atoms with Crippen molar-refractivity contribution in [2.75, 3.05) is 0 Å². The van der Waals surface area contributed by atoms with E-state index < -0.39 is 16.2 Å². The fourth-order valence-corrected chi connectivity index (χ4v) is 3.63. The molecule has 2 aromatic carbocycles. The van der Waals surface area contributed by atoms with E-state index in [9.17, 15) is 18.4 Å². The van der Waals surface area contributed by atoms with Crippen LogP contribution in [0.3, 0.4) is 0 Å². The maximum atomic E-state index is 13.2. The van der Waals surface area contributed by atoms with Crippen molar-refractivity contribution in [2.24, 2.45) is 0 Å². The number of ether oxygens (including phenoxy) is 1. The SMILES string of the molecule is N#Cc1ccccc1C1(Br)C=CC=C(OCc2ccc(Cl)cc2C(F)(F)F)N1. The van der Waals surface area contributed by atoms with Gasteiger partial charge in [-0.25, -0.2) is 0 Å². The number of alkyl halides is 4. The molecule has 28 heavy (non-hydrogen) atoms. The molecule has 1 aliphatic heterocycles. The van der Waals surface area contributed by atoms with E-state index in [-0.39, 0.29) is 23.1 Å². The van der Waals surface area contributed by atoms with Gasteiger partial charge in [0.2, 0.25) is 0 Å². The van der Waals surface area contributed by atoms with E-state index in [1.54, 1.807) is 42.5 Å². The summed E-state index contributed by atoms with van der Waals surface area (Å²) >= 11 is 9.25. The molecule has 0 saturated heterocycles. The number of allylic oxidation sites excluding steroid dienone is 2. The second-order valence-electron chi connectivity index (χ2n) is 5.97. The Labute approximate surface area is 173 Å². The summed E-state index contributed by atoms with van der Waals surface area (Å²) in [6, 6.07) is 12.7. The summed E-state index contributed by atoms with van der Waals surface area (Å²) in [7, 11) is 0. The van der Waals surface area contributed by atoms with E-state index in [1.165, 1.54) is 12.1 Å². The Morgan fingerprint density at radius 2 is 1.96 bits per heavy atom. The zero-order valence-corrected chi connectivity index (χ0v) is 16.6. The van der Waals surface area contributed by atoms with E-state index in [0.717, 1.165) is 6.07 Å². The first kappa shape index (κ1) is 20.3. The fourth-order valence-electron chi connectivity index (χ4n) is 2.76. The lowest BCUT2D eigenvalue weighted by molar-refractivity contribution is -0.138. The van der Waals surface area contributed by atoms with E-state index in [0.29, 0.717) is 11.1 Å². The first-order chi connectivity index (χ1) is 13.2. The second-order valence-corrected chi connectivity index (χ2v) is 7.66. The zero-order valence-electron chi connectivity index (χ0n) is 14.2. The molecule has 1 atom stereocenters. The van der Waals surface area contributed by atoms with Crippen LogP contribution < -0.4 is 5.32 Å². The molecule has 0 radical (unpaired) electrons. The summed E-state index contributed by atoms with van der Waals surface area (Å²) in [5, 5.41) is 12.4. The van der Waals surface area contributed by atoms with Gasteiger partial charge in [-0.3, -0.25) is 0 Å². The molecule has 0 fully saturated rings. The standard InChI is InChI=1S/C20H13BrClF3N2O/c21-19(16-5-2-1-4-13(16)11-26)9-3-6-18(27-19)28-12-14-7-8-15(22)10-17(14)20(23,24)25/h1-10,27H,12H2. The van der Waals surface area contributed by atoms with Crippen LogP contribution in [0.4, 0.5) is 13.2 Å². The van der Waals surface area contributed by atoms with Gasteiger partial charge in [-0.2, -0.15) is 18.4 Å². The van der Waals surface area contributed by atoms with Gasteiger partial charge < -0.3 is 10.1 Å². The molecular weight excluding hydrogens is 457 g/mol. The third kappa shape index (κ3) is 4.34. The molecule has 144 valence electrons. The summed E-state index contributed by atoms with van der Waals surface area (Å²) in [4.78, 5) is 0. The van der Waals surface area contributed by atoms with Crippen LogP contribution in [-0.2, 0) is 22.0 Å². The Hall–Kier alpha value is -2.43. The largest absolute Gasteiger partial charge is 0.474 e. The average molecular weight is 470 g/mol. The van der Waals surface area contributed by atoms with Crippen molar-refractivity contribution in [3.63, 3.8) is 0 Å². The quantitative estimate of drug-likeness (QED) is 0.441. The lowest BCUT2D eigenvalue weighted by Crippen LogP contribution is -2.37. The molecule has 0 spiro atoms. The summed E-state index contributed by atoms with van der Waals surface area (Å²) in [6.07, 6.45) is 0.529. The van der Waals surface area contributed by atoms with Crippen molar-refractivity contribution < 1.29 is 17.9 Å². The van der Waals surface area contributed by atoms with Crippen molar-refractivity contribution >= 4 is 27.5 Å². The minimum atomic E-state index is -4.54. The molecule has 3 nitrogen and oxygen atoms in total. The van der Waals surface area contributed by atoms with Gasteiger partial charge in [0.25, 0.3) is 0 Å². The number of hydrogen-bond acceptors (Lipinski definition) is 3. The van der Waals surface area contributed by atoms with Gasteiger partial charge in [0.15, 0.2) is 5.88 Å². The maximum absolute atomic E-state index is 13.2. The second kappa shape index (κ2) is 7.90. The minimum Gasteiger partial charge on any atom is -0.474 e. The maximum Gasteiger partial charge on any atom is 0.416 e. The van der Waals surface area contributed by atoms with E-state index in [2.05, 4.69) is 27.3 Å². The Morgan fingerprint density at radius 3 is 2.68 bits per heavy atom. The summed E-state index contributed by atoms with van der Waals surface area (Å²) in [6.45, 7) is -0.304. The normalized spacial score (nSPS) is 18.8. The number of nitriles is 1. The first-order valence-electron chi connectivity index (χ1n) is 8.07. The van der Waals surface area contributed by atoms with Gasteiger partial charge in [-0.1, -0.05) is 57.9 Å². The first-order valence-corrected chi connectivity index (χ1v) is 9.25. The lowest BCUT2D eigenvalue weighted by Gasteiger charge is -2.31. The predicted octanol–water partition coefficient (Wildman–Crippen LogP) is 6.00. The third-order valence-electron chi connectivity index (χ3n) is 4.08. The van der Waals surface area contributed by atoms with Crippen LogP contribution in [0.5, 0.6) is 0 Å². The number of hydrogen-bond donors (Lipinski definition) is 1. The molecule has 2 aromatic rings. The fraction of sp³-hybridized carbons (Fsp3) is 0.150. The van der Waals surface area contributed by atoms with Crippen LogP contribution in [0.1, 0.15) is 22.3 Å². The van der Waals surface area contributed by atoms with Crippen LogP contribution in [0, 0.1) is 11.3 Å². The van der Waals surface area contributed by atoms with Gasteiger partial charge >= 0.3 is 6.18 Å². The Morgan fingerprint density at radius 1 is 1.21 bits per heavy atom. The molecule has 0 aromatic heterocycles. The molecule has 1 heterocycles. The summed E-state index contributed by atoms with van der Waals surface area (Å²) in [5.74, 6) is 0.259. The number of halogens is 5. The Balaban J connectivity index is 1.80. The number of dihydropyridines is 1. The highest BCUT2D eigenvalue weighted by molar-refractivity contribution is 9.09.